The SMILES string of the molecule is CC(=O)CN1Cc2cc(Cl)cc(Cl)c2N1. The smallest absolute Gasteiger partial charge is 0.145 e. The number of hydrogen-bond donors (Lipinski definition) is 1. The number of anilines is 1. The van der Waals surface area contributed by atoms with Crippen LogP contribution in [0.4, 0.5) is 5.69 Å². The van der Waals surface area contributed by atoms with Gasteiger partial charge < -0.3 is 5.43 Å². The van der Waals surface area contributed by atoms with Gasteiger partial charge in [0.25, 0.3) is 0 Å². The van der Waals surface area contributed by atoms with Crippen molar-refractivity contribution in [2.24, 2.45) is 0 Å². The summed E-state index contributed by atoms with van der Waals surface area (Å²) in [6.07, 6.45) is 0. The van der Waals surface area contributed by atoms with Gasteiger partial charge in [0.1, 0.15) is 5.78 Å². The maximum absolute atomic E-state index is 11.0. The van der Waals surface area contributed by atoms with Crippen LogP contribution in [0.1, 0.15) is 12.5 Å². The van der Waals surface area contributed by atoms with Crippen molar-refractivity contribution in [3.05, 3.63) is 27.7 Å². The standard InChI is InChI=1S/C10H10Cl2N2O/c1-6(15)4-14-5-7-2-8(11)3-9(12)10(7)13-14/h2-3,13H,4-5H2,1H3. The molecule has 0 saturated heterocycles. The van der Waals surface area contributed by atoms with E-state index in [9.17, 15) is 4.79 Å². The third-order valence-corrected chi connectivity index (χ3v) is 2.70. The van der Waals surface area contributed by atoms with Crippen molar-refractivity contribution >= 4 is 34.7 Å². The Labute approximate surface area is 97.9 Å². The van der Waals surface area contributed by atoms with Gasteiger partial charge in [0.15, 0.2) is 0 Å². The zero-order valence-corrected chi connectivity index (χ0v) is 9.69. The molecule has 0 amide bonds. The van der Waals surface area contributed by atoms with Crippen molar-refractivity contribution in [1.29, 1.82) is 0 Å². The van der Waals surface area contributed by atoms with Gasteiger partial charge in [-0.05, 0) is 24.6 Å². The molecule has 2 rings (SSSR count). The Bertz CT molecular complexity index is 420. The fourth-order valence-corrected chi connectivity index (χ4v) is 2.22. The van der Waals surface area contributed by atoms with Gasteiger partial charge in [0, 0.05) is 11.6 Å². The van der Waals surface area contributed by atoms with Gasteiger partial charge in [0.2, 0.25) is 0 Å². The number of rotatable bonds is 2. The molecule has 1 aliphatic heterocycles. The van der Waals surface area contributed by atoms with Gasteiger partial charge in [-0.15, -0.1) is 0 Å². The van der Waals surface area contributed by atoms with E-state index in [4.69, 9.17) is 23.2 Å². The number of fused-ring (bicyclic) bond motifs is 1. The van der Waals surface area contributed by atoms with Gasteiger partial charge in [-0.3, -0.25) is 4.79 Å². The molecule has 80 valence electrons. The minimum absolute atomic E-state index is 0.109. The van der Waals surface area contributed by atoms with E-state index >= 15 is 0 Å². The summed E-state index contributed by atoms with van der Waals surface area (Å²) in [5, 5.41) is 3.02. The molecule has 0 radical (unpaired) electrons. The van der Waals surface area contributed by atoms with Crippen molar-refractivity contribution in [2.75, 3.05) is 12.0 Å². The third-order valence-electron chi connectivity index (χ3n) is 2.18. The molecule has 0 aromatic heterocycles. The van der Waals surface area contributed by atoms with Crippen LogP contribution >= 0.6 is 23.2 Å². The largest absolute Gasteiger partial charge is 0.316 e. The summed E-state index contributed by atoms with van der Waals surface area (Å²) in [5.41, 5.74) is 4.95. The van der Waals surface area contributed by atoms with Gasteiger partial charge >= 0.3 is 0 Å². The number of Topliss-reactive ketones (excluding diaryl/α,β-unsaturated/α-hetero) is 1. The Morgan fingerprint density at radius 2 is 2.27 bits per heavy atom. The Balaban J connectivity index is 2.23. The lowest BCUT2D eigenvalue weighted by Gasteiger charge is -2.13. The summed E-state index contributed by atoms with van der Waals surface area (Å²) in [6, 6.07) is 3.54. The predicted octanol–water partition coefficient (Wildman–Crippen LogP) is 2.72. The second kappa shape index (κ2) is 4.00. The summed E-state index contributed by atoms with van der Waals surface area (Å²) in [7, 11) is 0. The van der Waals surface area contributed by atoms with Crippen molar-refractivity contribution in [1.82, 2.24) is 5.01 Å². The predicted molar refractivity (Wildman–Crippen MR) is 61.2 cm³/mol. The first-order valence-electron chi connectivity index (χ1n) is 4.55. The minimum atomic E-state index is 0.109. The van der Waals surface area contributed by atoms with Crippen molar-refractivity contribution in [3.8, 4) is 0 Å². The van der Waals surface area contributed by atoms with Crippen LogP contribution in [0.2, 0.25) is 10.0 Å². The van der Waals surface area contributed by atoms with Crippen LogP contribution in [0.5, 0.6) is 0 Å². The summed E-state index contributed by atoms with van der Waals surface area (Å²) in [5.74, 6) is 0.109. The molecule has 5 heteroatoms. The monoisotopic (exact) mass is 244 g/mol. The van der Waals surface area contributed by atoms with Crippen LogP contribution in [-0.2, 0) is 11.3 Å². The quantitative estimate of drug-likeness (QED) is 0.869. The maximum Gasteiger partial charge on any atom is 0.145 e. The fourth-order valence-electron chi connectivity index (χ4n) is 1.64. The van der Waals surface area contributed by atoms with Crippen LogP contribution in [0.25, 0.3) is 0 Å². The number of nitrogens with zero attached hydrogens (tertiary/aromatic N) is 1. The number of ketones is 1. The first-order chi connectivity index (χ1) is 7.06. The summed E-state index contributed by atoms with van der Waals surface area (Å²) < 4.78 is 0. The first kappa shape index (κ1) is 10.7. The lowest BCUT2D eigenvalue weighted by molar-refractivity contribution is -0.117. The average Bonchev–Trinajstić information content (AvgIpc) is 2.45. The van der Waals surface area contributed by atoms with Crippen LogP contribution in [0.15, 0.2) is 12.1 Å². The van der Waals surface area contributed by atoms with Crippen LogP contribution in [-0.4, -0.2) is 17.3 Å². The number of nitrogens with one attached hydrogen (secondary N) is 1. The molecular formula is C10H10Cl2N2O. The van der Waals surface area contributed by atoms with E-state index in [2.05, 4.69) is 5.43 Å². The van der Waals surface area contributed by atoms with Gasteiger partial charge in [-0.2, -0.15) is 0 Å². The highest BCUT2D eigenvalue weighted by Gasteiger charge is 2.21. The summed E-state index contributed by atoms with van der Waals surface area (Å²) in [4.78, 5) is 11.0. The molecule has 0 spiro atoms. The van der Waals surface area contributed by atoms with E-state index in [1.54, 1.807) is 13.0 Å². The number of carbonyl (C=O) groups excluding carboxylic acids is 1. The molecule has 0 saturated carbocycles. The maximum atomic E-state index is 11.0. The molecule has 1 aromatic carbocycles. The highest BCUT2D eigenvalue weighted by molar-refractivity contribution is 6.36. The Morgan fingerprint density at radius 1 is 1.53 bits per heavy atom. The van der Waals surface area contributed by atoms with Gasteiger partial charge in [-0.1, -0.05) is 23.2 Å². The Morgan fingerprint density at radius 3 is 2.93 bits per heavy atom. The normalized spacial score (nSPS) is 14.9. The van der Waals surface area contributed by atoms with E-state index in [1.807, 2.05) is 11.1 Å². The van der Waals surface area contributed by atoms with Crippen molar-refractivity contribution in [3.63, 3.8) is 0 Å². The number of hydrazine groups is 1. The molecule has 0 bridgehead atoms. The molecule has 1 heterocycles. The molecule has 1 aromatic rings. The zero-order valence-electron chi connectivity index (χ0n) is 8.18. The molecule has 0 fully saturated rings. The molecule has 0 atom stereocenters. The van der Waals surface area contributed by atoms with Gasteiger partial charge in [-0.25, -0.2) is 5.01 Å². The molecule has 1 N–H and O–H groups in total. The van der Waals surface area contributed by atoms with Crippen LogP contribution in [0.3, 0.4) is 0 Å². The number of benzene rings is 1. The van der Waals surface area contributed by atoms with E-state index in [-0.39, 0.29) is 5.78 Å². The number of halogens is 2. The minimum Gasteiger partial charge on any atom is -0.316 e. The number of carbonyl (C=O) groups is 1. The van der Waals surface area contributed by atoms with Gasteiger partial charge in [0.05, 0.1) is 17.3 Å². The van der Waals surface area contributed by atoms with E-state index in [0.29, 0.717) is 23.1 Å². The fraction of sp³-hybridized carbons (Fsp3) is 0.300. The lowest BCUT2D eigenvalue weighted by atomic mass is 10.2. The first-order valence-corrected chi connectivity index (χ1v) is 5.31. The third kappa shape index (κ3) is 2.25. The van der Waals surface area contributed by atoms with Crippen molar-refractivity contribution < 1.29 is 4.79 Å². The zero-order chi connectivity index (χ0) is 11.0. The number of hydrogen-bond acceptors (Lipinski definition) is 3. The molecule has 15 heavy (non-hydrogen) atoms. The van der Waals surface area contributed by atoms with E-state index < -0.39 is 0 Å². The second-order valence-corrected chi connectivity index (χ2v) is 4.44. The molecular weight excluding hydrogens is 235 g/mol. The molecule has 0 aliphatic carbocycles. The topological polar surface area (TPSA) is 32.3 Å². The Kier molecular flexibility index (Phi) is 2.87. The van der Waals surface area contributed by atoms with Crippen LogP contribution < -0.4 is 5.43 Å². The van der Waals surface area contributed by atoms with Crippen molar-refractivity contribution in [2.45, 2.75) is 13.5 Å². The summed E-state index contributed by atoms with van der Waals surface area (Å²) in [6.45, 7) is 2.57. The van der Waals surface area contributed by atoms with Crippen LogP contribution in [0, 0.1) is 0 Å². The molecule has 3 nitrogen and oxygen atoms in total. The molecule has 1 aliphatic rings. The average molecular weight is 245 g/mol. The highest BCUT2D eigenvalue weighted by atomic mass is 35.5. The molecule has 0 unspecified atom stereocenters. The summed E-state index contributed by atoms with van der Waals surface area (Å²) >= 11 is 11.9. The highest BCUT2D eigenvalue weighted by Crippen LogP contribution is 2.35. The van der Waals surface area contributed by atoms with E-state index in [1.165, 1.54) is 0 Å². The Hall–Kier alpha value is -0.770. The second-order valence-electron chi connectivity index (χ2n) is 3.59. The lowest BCUT2D eigenvalue weighted by Crippen LogP contribution is -2.28. The van der Waals surface area contributed by atoms with E-state index in [0.717, 1.165) is 11.3 Å².